The number of aromatic nitrogens is 1. The molecule has 1 aliphatic rings. The molecule has 3 rings (SSSR count). The van der Waals surface area contributed by atoms with Gasteiger partial charge < -0.3 is 10.2 Å². The normalized spacial score (nSPS) is 14.4. The topological polar surface area (TPSA) is 84.3 Å². The number of amides is 2. The SMILES string of the molecule is CCNC(=O)Nc1cc(CN2CCN(c3ccc(C#N)cc3F)CC2)ccn1. The van der Waals surface area contributed by atoms with Crippen LogP contribution in [0.15, 0.2) is 36.5 Å². The first-order chi connectivity index (χ1) is 13.6. The number of halogens is 1. The Balaban J connectivity index is 1.56. The Bertz CT molecular complexity index is 873. The number of nitrogens with one attached hydrogen (secondary N) is 2. The number of carbonyl (C=O) groups excluding carboxylic acids is 1. The number of pyridine rings is 1. The number of anilines is 2. The molecule has 0 aliphatic carbocycles. The third-order valence-electron chi connectivity index (χ3n) is 4.60. The highest BCUT2D eigenvalue weighted by atomic mass is 19.1. The molecule has 2 N–H and O–H groups in total. The van der Waals surface area contributed by atoms with Crippen molar-refractivity contribution in [1.82, 2.24) is 15.2 Å². The molecular weight excluding hydrogens is 359 g/mol. The molecule has 1 fully saturated rings. The smallest absolute Gasteiger partial charge is 0.320 e. The standard InChI is InChI=1S/C20H23FN6O/c1-2-23-20(28)25-19-12-16(5-6-24-19)14-26-7-9-27(10-8-26)18-4-3-15(13-22)11-17(18)21/h3-6,11-12H,2,7-10,14H2,1H3,(H2,23,24,25,28). The molecule has 8 heteroatoms. The van der Waals surface area contributed by atoms with E-state index in [-0.39, 0.29) is 11.8 Å². The number of urea groups is 1. The zero-order valence-corrected chi connectivity index (χ0v) is 15.8. The van der Waals surface area contributed by atoms with Crippen molar-refractivity contribution in [2.45, 2.75) is 13.5 Å². The number of hydrogen-bond acceptors (Lipinski definition) is 5. The minimum absolute atomic E-state index is 0.273. The van der Waals surface area contributed by atoms with Crippen LogP contribution in [0.3, 0.4) is 0 Å². The highest BCUT2D eigenvalue weighted by molar-refractivity contribution is 5.88. The second-order valence-electron chi connectivity index (χ2n) is 6.57. The lowest BCUT2D eigenvalue weighted by molar-refractivity contribution is 0.249. The van der Waals surface area contributed by atoms with Crippen LogP contribution in [0.25, 0.3) is 0 Å². The van der Waals surface area contributed by atoms with E-state index in [4.69, 9.17) is 5.26 Å². The van der Waals surface area contributed by atoms with Crippen molar-refractivity contribution < 1.29 is 9.18 Å². The first kappa shape index (κ1) is 19.6. The fourth-order valence-corrected chi connectivity index (χ4v) is 3.20. The molecule has 0 radical (unpaired) electrons. The lowest BCUT2D eigenvalue weighted by Crippen LogP contribution is -2.46. The quantitative estimate of drug-likeness (QED) is 0.830. The van der Waals surface area contributed by atoms with Crippen molar-refractivity contribution >= 4 is 17.5 Å². The fraction of sp³-hybridized carbons (Fsp3) is 0.350. The molecule has 0 bridgehead atoms. The third kappa shape index (κ3) is 4.96. The Morgan fingerprint density at radius 3 is 2.71 bits per heavy atom. The molecule has 1 aromatic carbocycles. The number of nitriles is 1. The van der Waals surface area contributed by atoms with Gasteiger partial charge >= 0.3 is 6.03 Å². The molecule has 0 saturated carbocycles. The van der Waals surface area contributed by atoms with E-state index in [0.717, 1.165) is 25.2 Å². The maximum Gasteiger partial charge on any atom is 0.320 e. The van der Waals surface area contributed by atoms with Gasteiger partial charge in [-0.1, -0.05) is 0 Å². The summed E-state index contributed by atoms with van der Waals surface area (Å²) in [6, 6.07) is 10.1. The van der Waals surface area contributed by atoms with Gasteiger partial charge in [-0.05, 0) is 42.8 Å². The van der Waals surface area contributed by atoms with Gasteiger partial charge in [0.2, 0.25) is 0 Å². The summed E-state index contributed by atoms with van der Waals surface area (Å²) in [5, 5.41) is 14.2. The minimum atomic E-state index is -0.359. The Morgan fingerprint density at radius 1 is 1.25 bits per heavy atom. The Kier molecular flexibility index (Phi) is 6.40. The van der Waals surface area contributed by atoms with E-state index in [1.54, 1.807) is 18.3 Å². The van der Waals surface area contributed by atoms with Gasteiger partial charge in [0.05, 0.1) is 17.3 Å². The van der Waals surface area contributed by atoms with Crippen molar-refractivity contribution in [3.8, 4) is 6.07 Å². The molecule has 1 aliphatic heterocycles. The van der Waals surface area contributed by atoms with Gasteiger partial charge in [0.15, 0.2) is 0 Å². The monoisotopic (exact) mass is 382 g/mol. The molecule has 28 heavy (non-hydrogen) atoms. The van der Waals surface area contributed by atoms with Crippen LogP contribution < -0.4 is 15.5 Å². The molecule has 0 spiro atoms. The van der Waals surface area contributed by atoms with Crippen LogP contribution in [0.4, 0.5) is 20.7 Å². The summed E-state index contributed by atoms with van der Waals surface area (Å²) in [6.07, 6.45) is 1.68. The van der Waals surface area contributed by atoms with Gasteiger partial charge in [0.25, 0.3) is 0 Å². The van der Waals surface area contributed by atoms with Crippen LogP contribution >= 0.6 is 0 Å². The maximum atomic E-state index is 14.2. The lowest BCUT2D eigenvalue weighted by Gasteiger charge is -2.36. The van der Waals surface area contributed by atoms with E-state index >= 15 is 0 Å². The number of nitrogens with zero attached hydrogens (tertiary/aromatic N) is 4. The van der Waals surface area contributed by atoms with Crippen molar-refractivity contribution in [3.63, 3.8) is 0 Å². The van der Waals surface area contributed by atoms with E-state index in [2.05, 4.69) is 20.5 Å². The molecule has 1 saturated heterocycles. The van der Waals surface area contributed by atoms with E-state index in [9.17, 15) is 9.18 Å². The molecule has 2 aromatic rings. The number of benzene rings is 1. The summed E-state index contributed by atoms with van der Waals surface area (Å²) in [6.45, 7) is 6.14. The summed E-state index contributed by atoms with van der Waals surface area (Å²) >= 11 is 0. The lowest BCUT2D eigenvalue weighted by atomic mass is 10.1. The van der Waals surface area contributed by atoms with E-state index in [0.29, 0.717) is 36.7 Å². The zero-order chi connectivity index (χ0) is 19.9. The largest absolute Gasteiger partial charge is 0.367 e. The Hall–Kier alpha value is -3.18. The van der Waals surface area contributed by atoms with Gasteiger partial charge in [0, 0.05) is 45.5 Å². The highest BCUT2D eigenvalue weighted by Crippen LogP contribution is 2.22. The predicted octanol–water partition coefficient (Wildman–Crippen LogP) is 2.56. The predicted molar refractivity (Wildman–Crippen MR) is 106 cm³/mol. The second kappa shape index (κ2) is 9.15. The summed E-state index contributed by atoms with van der Waals surface area (Å²) in [4.78, 5) is 20.1. The summed E-state index contributed by atoms with van der Waals surface area (Å²) in [7, 11) is 0. The van der Waals surface area contributed by atoms with Crippen LogP contribution in [0.5, 0.6) is 0 Å². The van der Waals surface area contributed by atoms with Gasteiger partial charge in [0.1, 0.15) is 11.6 Å². The third-order valence-corrected chi connectivity index (χ3v) is 4.60. The summed E-state index contributed by atoms with van der Waals surface area (Å²) in [5.41, 5.74) is 1.92. The van der Waals surface area contributed by atoms with E-state index < -0.39 is 0 Å². The van der Waals surface area contributed by atoms with Gasteiger partial charge in [-0.15, -0.1) is 0 Å². The van der Waals surface area contributed by atoms with E-state index in [1.165, 1.54) is 6.07 Å². The number of piperazine rings is 1. The molecule has 146 valence electrons. The molecule has 1 aromatic heterocycles. The van der Waals surface area contributed by atoms with Crippen molar-refractivity contribution in [1.29, 1.82) is 5.26 Å². The van der Waals surface area contributed by atoms with Gasteiger partial charge in [-0.3, -0.25) is 10.2 Å². The number of hydrogen-bond donors (Lipinski definition) is 2. The Labute approximate surface area is 163 Å². The average molecular weight is 382 g/mol. The number of rotatable bonds is 5. The van der Waals surface area contributed by atoms with Gasteiger partial charge in [-0.2, -0.15) is 5.26 Å². The summed E-state index contributed by atoms with van der Waals surface area (Å²) < 4.78 is 14.2. The fourth-order valence-electron chi connectivity index (χ4n) is 3.20. The Morgan fingerprint density at radius 2 is 2.04 bits per heavy atom. The van der Waals surface area contributed by atoms with Crippen molar-refractivity contribution in [2.75, 3.05) is 42.9 Å². The van der Waals surface area contributed by atoms with E-state index in [1.807, 2.05) is 30.0 Å². The van der Waals surface area contributed by atoms with Crippen molar-refractivity contribution in [3.05, 3.63) is 53.5 Å². The molecular formula is C20H23FN6O. The molecule has 7 nitrogen and oxygen atoms in total. The number of carbonyl (C=O) groups is 1. The highest BCUT2D eigenvalue weighted by Gasteiger charge is 2.20. The second-order valence-corrected chi connectivity index (χ2v) is 6.57. The van der Waals surface area contributed by atoms with Crippen LogP contribution in [0.1, 0.15) is 18.1 Å². The molecule has 0 unspecified atom stereocenters. The first-order valence-corrected chi connectivity index (χ1v) is 9.25. The van der Waals surface area contributed by atoms with Crippen LogP contribution in [-0.4, -0.2) is 48.6 Å². The molecule has 2 heterocycles. The zero-order valence-electron chi connectivity index (χ0n) is 15.8. The van der Waals surface area contributed by atoms with Gasteiger partial charge in [-0.25, -0.2) is 14.2 Å². The average Bonchev–Trinajstić information content (AvgIpc) is 2.69. The van der Waals surface area contributed by atoms with Crippen LogP contribution in [-0.2, 0) is 6.54 Å². The first-order valence-electron chi connectivity index (χ1n) is 9.25. The van der Waals surface area contributed by atoms with Crippen LogP contribution in [0.2, 0.25) is 0 Å². The van der Waals surface area contributed by atoms with Crippen LogP contribution in [0, 0.1) is 17.1 Å². The minimum Gasteiger partial charge on any atom is -0.367 e. The van der Waals surface area contributed by atoms with Crippen molar-refractivity contribution in [2.24, 2.45) is 0 Å². The molecule has 0 atom stereocenters. The maximum absolute atomic E-state index is 14.2. The molecule has 2 amide bonds. The summed E-state index contributed by atoms with van der Waals surface area (Å²) in [5.74, 6) is 0.157.